The first-order valence-corrected chi connectivity index (χ1v) is 11.1. The Balaban J connectivity index is 1.46. The van der Waals surface area contributed by atoms with E-state index in [1.54, 1.807) is 18.2 Å². The summed E-state index contributed by atoms with van der Waals surface area (Å²) in [6.45, 7) is 4.70. The average molecular weight is 429 g/mol. The van der Waals surface area contributed by atoms with Gasteiger partial charge in [-0.05, 0) is 67.3 Å². The third-order valence-electron chi connectivity index (χ3n) is 6.18. The molecule has 1 fully saturated rings. The van der Waals surface area contributed by atoms with E-state index < -0.39 is 0 Å². The molecule has 0 atom stereocenters. The highest BCUT2D eigenvalue weighted by Gasteiger charge is 2.29. The number of nitrogens with zero attached hydrogens (tertiary/aromatic N) is 4. The summed E-state index contributed by atoms with van der Waals surface area (Å²) in [5, 5.41) is 7.60. The molecular weight excluding hydrogens is 400 g/mol. The van der Waals surface area contributed by atoms with Crippen LogP contribution in [0.25, 0.3) is 21.8 Å². The van der Waals surface area contributed by atoms with Crippen LogP contribution in [0.4, 0.5) is 0 Å². The molecule has 1 aliphatic rings. The minimum absolute atomic E-state index is 0.00238. The van der Waals surface area contributed by atoms with Crippen LogP contribution in [-0.4, -0.2) is 39.7 Å². The summed E-state index contributed by atoms with van der Waals surface area (Å²) >= 11 is 0. The van der Waals surface area contributed by atoms with Crippen LogP contribution in [0.5, 0.6) is 5.75 Å². The number of carbonyl (C=O) groups excluding carboxylic acids is 1. The molecule has 164 valence electrons. The number of aromatic nitrogens is 3. The van der Waals surface area contributed by atoms with Gasteiger partial charge in [-0.25, -0.2) is 9.67 Å². The molecule has 0 unspecified atom stereocenters. The van der Waals surface area contributed by atoms with Gasteiger partial charge in [-0.1, -0.05) is 18.2 Å². The van der Waals surface area contributed by atoms with Crippen molar-refractivity contribution in [3.05, 3.63) is 65.5 Å². The van der Waals surface area contributed by atoms with E-state index in [9.17, 15) is 4.79 Å². The van der Waals surface area contributed by atoms with Gasteiger partial charge in [-0.2, -0.15) is 5.10 Å². The summed E-state index contributed by atoms with van der Waals surface area (Å²) < 4.78 is 7.23. The van der Waals surface area contributed by atoms with E-state index in [0.717, 1.165) is 51.7 Å². The Bertz CT molecular complexity index is 1320. The van der Waals surface area contributed by atoms with Crippen molar-refractivity contribution < 1.29 is 9.53 Å². The van der Waals surface area contributed by atoms with E-state index in [-0.39, 0.29) is 11.9 Å². The molecule has 6 nitrogen and oxygen atoms in total. The molecule has 2 heterocycles. The average Bonchev–Trinajstić information content (AvgIpc) is 3.56. The Morgan fingerprint density at radius 2 is 1.91 bits per heavy atom. The molecule has 5 rings (SSSR count). The second-order valence-electron chi connectivity index (χ2n) is 9.00. The Hall–Kier alpha value is -3.41. The fourth-order valence-electron chi connectivity index (χ4n) is 4.23. The van der Waals surface area contributed by atoms with E-state index in [1.165, 1.54) is 0 Å². The second-order valence-corrected chi connectivity index (χ2v) is 9.00. The molecule has 0 aliphatic heterocycles. The van der Waals surface area contributed by atoms with Gasteiger partial charge < -0.3 is 9.64 Å². The van der Waals surface area contributed by atoms with Gasteiger partial charge in [-0.3, -0.25) is 4.79 Å². The van der Waals surface area contributed by atoms with Crippen molar-refractivity contribution in [2.45, 2.75) is 45.2 Å². The zero-order valence-electron chi connectivity index (χ0n) is 19.0. The van der Waals surface area contributed by atoms with Crippen LogP contribution < -0.4 is 4.74 Å². The lowest BCUT2D eigenvalue weighted by Gasteiger charge is -2.19. The van der Waals surface area contributed by atoms with Gasteiger partial charge in [0, 0.05) is 31.2 Å². The summed E-state index contributed by atoms with van der Waals surface area (Å²) in [5.41, 5.74) is 3.60. The standard InChI is InChI=1S/C26H28N4O2/c1-16(2)30-25-23(14-27-30)22(13-24(28-25)18-7-8-18)26(31)29(3)15-17-5-6-20-12-21(32-4)10-9-19(20)11-17/h5-6,9-14,16,18H,7-8,15H2,1-4H3. The number of benzene rings is 2. The SMILES string of the molecule is COc1ccc2cc(CN(C)C(=O)c3cc(C4CC4)nc4c3cnn4C(C)C)ccc2c1. The number of hydrogen-bond acceptors (Lipinski definition) is 4. The molecule has 2 aromatic carbocycles. The predicted octanol–water partition coefficient (Wildman–Crippen LogP) is 5.32. The maximum atomic E-state index is 13.5. The van der Waals surface area contributed by atoms with E-state index in [0.29, 0.717) is 18.0 Å². The topological polar surface area (TPSA) is 60.2 Å². The van der Waals surface area contributed by atoms with Gasteiger partial charge in [0.2, 0.25) is 0 Å². The highest BCUT2D eigenvalue weighted by atomic mass is 16.5. The fourth-order valence-corrected chi connectivity index (χ4v) is 4.23. The Morgan fingerprint density at radius 3 is 2.62 bits per heavy atom. The smallest absolute Gasteiger partial charge is 0.254 e. The van der Waals surface area contributed by atoms with Crippen molar-refractivity contribution in [2.24, 2.45) is 0 Å². The number of rotatable bonds is 6. The van der Waals surface area contributed by atoms with Crippen LogP contribution in [-0.2, 0) is 6.54 Å². The number of carbonyl (C=O) groups is 1. The van der Waals surface area contributed by atoms with Gasteiger partial charge in [-0.15, -0.1) is 0 Å². The van der Waals surface area contributed by atoms with Crippen LogP contribution in [0.3, 0.4) is 0 Å². The van der Waals surface area contributed by atoms with Gasteiger partial charge in [0.25, 0.3) is 5.91 Å². The molecule has 32 heavy (non-hydrogen) atoms. The zero-order valence-corrected chi connectivity index (χ0v) is 19.0. The van der Waals surface area contributed by atoms with Crippen molar-refractivity contribution in [2.75, 3.05) is 14.2 Å². The van der Waals surface area contributed by atoms with Crippen molar-refractivity contribution in [3.8, 4) is 5.75 Å². The Labute approximate surface area is 187 Å². The highest BCUT2D eigenvalue weighted by Crippen LogP contribution is 2.40. The highest BCUT2D eigenvalue weighted by molar-refractivity contribution is 6.05. The van der Waals surface area contributed by atoms with Crippen LogP contribution in [0.15, 0.2) is 48.7 Å². The number of hydrogen-bond donors (Lipinski definition) is 0. The monoisotopic (exact) mass is 428 g/mol. The second kappa shape index (κ2) is 7.93. The van der Waals surface area contributed by atoms with E-state index >= 15 is 0 Å². The van der Waals surface area contributed by atoms with Crippen LogP contribution in [0.1, 0.15) is 60.3 Å². The third kappa shape index (κ3) is 3.70. The number of methoxy groups -OCH3 is 1. The van der Waals surface area contributed by atoms with Crippen molar-refractivity contribution in [3.63, 3.8) is 0 Å². The van der Waals surface area contributed by atoms with Gasteiger partial charge in [0.05, 0.1) is 24.3 Å². The van der Waals surface area contributed by atoms with Gasteiger partial charge in [0.1, 0.15) is 5.75 Å². The van der Waals surface area contributed by atoms with E-state index in [1.807, 2.05) is 36.0 Å². The van der Waals surface area contributed by atoms with Gasteiger partial charge in [0.15, 0.2) is 5.65 Å². The summed E-state index contributed by atoms with van der Waals surface area (Å²) in [6.07, 6.45) is 4.06. The number of amides is 1. The minimum atomic E-state index is -0.00238. The van der Waals surface area contributed by atoms with Crippen molar-refractivity contribution in [1.29, 1.82) is 0 Å². The normalized spacial score (nSPS) is 13.8. The molecule has 0 spiro atoms. The maximum Gasteiger partial charge on any atom is 0.254 e. The number of fused-ring (bicyclic) bond motifs is 2. The van der Waals surface area contributed by atoms with E-state index in [4.69, 9.17) is 9.72 Å². The molecule has 0 N–H and O–H groups in total. The lowest BCUT2D eigenvalue weighted by molar-refractivity contribution is 0.0787. The summed E-state index contributed by atoms with van der Waals surface area (Å²) in [5.74, 6) is 1.30. The predicted molar refractivity (Wildman–Crippen MR) is 126 cm³/mol. The first-order chi connectivity index (χ1) is 15.4. The zero-order chi connectivity index (χ0) is 22.4. The summed E-state index contributed by atoms with van der Waals surface area (Å²) in [6, 6.07) is 14.5. The molecule has 1 amide bonds. The molecule has 0 saturated heterocycles. The third-order valence-corrected chi connectivity index (χ3v) is 6.18. The quantitative estimate of drug-likeness (QED) is 0.417. The lowest BCUT2D eigenvalue weighted by Crippen LogP contribution is -2.26. The largest absolute Gasteiger partial charge is 0.497 e. The molecule has 0 bridgehead atoms. The minimum Gasteiger partial charge on any atom is -0.497 e. The first kappa shape index (κ1) is 20.5. The van der Waals surface area contributed by atoms with Crippen LogP contribution in [0.2, 0.25) is 0 Å². The summed E-state index contributed by atoms with van der Waals surface area (Å²) in [7, 11) is 3.53. The lowest BCUT2D eigenvalue weighted by atomic mass is 10.1. The molecule has 6 heteroatoms. The van der Waals surface area contributed by atoms with Crippen LogP contribution in [0, 0.1) is 0 Å². The maximum absolute atomic E-state index is 13.5. The first-order valence-electron chi connectivity index (χ1n) is 11.1. The Kier molecular flexibility index (Phi) is 5.08. The van der Waals surface area contributed by atoms with Crippen LogP contribution >= 0.6 is 0 Å². The number of pyridine rings is 1. The molecule has 1 aliphatic carbocycles. The molecule has 4 aromatic rings. The molecule has 0 radical (unpaired) electrons. The fraction of sp³-hybridized carbons (Fsp3) is 0.346. The van der Waals surface area contributed by atoms with Gasteiger partial charge >= 0.3 is 0 Å². The molecule has 2 aromatic heterocycles. The van der Waals surface area contributed by atoms with Crippen molar-refractivity contribution >= 4 is 27.7 Å². The van der Waals surface area contributed by atoms with E-state index in [2.05, 4.69) is 37.1 Å². The Morgan fingerprint density at radius 1 is 1.16 bits per heavy atom. The summed E-state index contributed by atoms with van der Waals surface area (Å²) in [4.78, 5) is 20.2. The molecular formula is C26H28N4O2. The van der Waals surface area contributed by atoms with Crippen molar-refractivity contribution in [1.82, 2.24) is 19.7 Å². The molecule has 1 saturated carbocycles. The number of ether oxygens (including phenoxy) is 1.